The Kier molecular flexibility index (Phi) is 13.8. The summed E-state index contributed by atoms with van der Waals surface area (Å²) in [5.41, 5.74) is 9.09. The van der Waals surface area contributed by atoms with E-state index in [4.69, 9.17) is 26.4 Å². The van der Waals surface area contributed by atoms with Crippen LogP contribution >= 0.6 is 24.0 Å². The Hall–Kier alpha value is -3.18. The van der Waals surface area contributed by atoms with Crippen molar-refractivity contribution in [3.05, 3.63) is 80.3 Å². The van der Waals surface area contributed by atoms with E-state index in [0.717, 1.165) is 99.3 Å². The maximum atomic E-state index is 13.4. The van der Waals surface area contributed by atoms with E-state index in [2.05, 4.69) is 76.4 Å². The summed E-state index contributed by atoms with van der Waals surface area (Å²) < 4.78 is 17.7. The number of benzene rings is 2. The highest BCUT2D eigenvalue weighted by molar-refractivity contribution is 8.22. The third-order valence-electron chi connectivity index (χ3n) is 12.0. The molecule has 2 saturated carbocycles. The lowest BCUT2D eigenvalue weighted by molar-refractivity contribution is -0.117. The third kappa shape index (κ3) is 8.18. The number of aliphatic hydroxyl groups excluding tert-OH is 1. The summed E-state index contributed by atoms with van der Waals surface area (Å²) in [5.74, 6) is 0.764. The second-order valence-corrected chi connectivity index (χ2v) is 16.7. The molecule has 2 aromatic rings. The van der Waals surface area contributed by atoms with E-state index < -0.39 is 11.1 Å². The van der Waals surface area contributed by atoms with Crippen LogP contribution in [0.25, 0.3) is 11.1 Å². The van der Waals surface area contributed by atoms with Gasteiger partial charge >= 0.3 is 0 Å². The normalized spacial score (nSPS) is 25.2. The molecule has 0 bridgehead atoms. The summed E-state index contributed by atoms with van der Waals surface area (Å²) in [4.78, 5) is 26.2. The van der Waals surface area contributed by atoms with E-state index in [-0.39, 0.29) is 29.8 Å². The fourth-order valence-corrected chi connectivity index (χ4v) is 9.34. The first-order valence-electron chi connectivity index (χ1n) is 19.7. The van der Waals surface area contributed by atoms with Gasteiger partial charge in [0.05, 0.1) is 34.4 Å². The predicted molar refractivity (Wildman–Crippen MR) is 224 cm³/mol. The Morgan fingerprint density at radius 3 is 1.48 bits per heavy atom. The van der Waals surface area contributed by atoms with E-state index in [1.54, 1.807) is 14.2 Å². The van der Waals surface area contributed by atoms with Gasteiger partial charge < -0.3 is 30.0 Å². The first-order chi connectivity index (χ1) is 25.8. The summed E-state index contributed by atoms with van der Waals surface area (Å²) in [7, 11) is 3.48. The number of amides is 2. The summed E-state index contributed by atoms with van der Waals surface area (Å²) in [5, 5.41) is 17.5. The number of rotatable bonds is 9. The molecule has 2 aliphatic carbocycles. The molecule has 0 saturated heterocycles. The number of hydrogen-bond acceptors (Lipinski definition) is 8. The van der Waals surface area contributed by atoms with Crippen LogP contribution in [0, 0.1) is 13.8 Å². The molecular weight excluding hydrogens is 717 g/mol. The molecule has 4 aliphatic rings. The second kappa shape index (κ2) is 17.7. The van der Waals surface area contributed by atoms with Crippen LogP contribution in [0.5, 0.6) is 0 Å². The predicted octanol–water partition coefficient (Wildman–Crippen LogP) is 8.80. The van der Waals surface area contributed by atoms with Crippen molar-refractivity contribution in [2.24, 2.45) is 0 Å². The Labute approximate surface area is 332 Å². The van der Waals surface area contributed by atoms with Crippen LogP contribution < -0.4 is 10.6 Å². The standard InChI is InChI=1S/C23H31NO3S2.C21H29NO3/c1-6-15-12-14(3)13-16(7-2)18(15)19-20(27-22(28)29-5)23(24-21(19)25)10-8-17(26-4)9-11-23;1-5-14-11-13(3)12-15(6-2)17(14)18-19(23)21(22-20(18)24)9-7-16(25-4)8-10-21/h12-13,17H,6-11H2,1-5H3,(H,24,25);11-12,16,23H,5-10H2,1-4H3,(H,22,24). The molecular formula is C44H60N2O6S2. The molecule has 0 unspecified atom stereocenters. The van der Waals surface area contributed by atoms with Crippen LogP contribution in [0.1, 0.15) is 124 Å². The zero-order chi connectivity index (χ0) is 39.4. The average Bonchev–Trinajstić information content (AvgIpc) is 3.57. The molecule has 2 spiro atoms. The van der Waals surface area contributed by atoms with Crippen molar-refractivity contribution in [2.75, 3.05) is 20.5 Å². The lowest BCUT2D eigenvalue weighted by Crippen LogP contribution is -2.49. The van der Waals surface area contributed by atoms with Gasteiger partial charge in [0.1, 0.15) is 11.5 Å². The Morgan fingerprint density at radius 2 is 1.09 bits per heavy atom. The number of thiocarbonyl (C=S) groups is 1. The summed E-state index contributed by atoms with van der Waals surface area (Å²) >= 11 is 6.81. The smallest absolute Gasteiger partial charge is 0.256 e. The molecule has 294 valence electrons. The van der Waals surface area contributed by atoms with E-state index in [9.17, 15) is 14.7 Å². The number of aryl methyl sites for hydroxylation is 6. The van der Waals surface area contributed by atoms with Crippen LogP contribution in [-0.2, 0) is 49.5 Å². The monoisotopic (exact) mass is 776 g/mol. The molecule has 2 aliphatic heterocycles. The number of hydrogen-bond donors (Lipinski definition) is 3. The molecule has 3 N–H and O–H groups in total. The largest absolute Gasteiger partial charge is 0.509 e. The quantitative estimate of drug-likeness (QED) is 0.217. The molecule has 8 nitrogen and oxygen atoms in total. The van der Waals surface area contributed by atoms with Crippen molar-refractivity contribution < 1.29 is 28.9 Å². The van der Waals surface area contributed by atoms with Crippen molar-refractivity contribution in [3.8, 4) is 0 Å². The number of carbonyl (C=O) groups is 2. The Morgan fingerprint density at radius 1 is 0.722 bits per heavy atom. The van der Waals surface area contributed by atoms with E-state index in [0.29, 0.717) is 21.3 Å². The van der Waals surface area contributed by atoms with Crippen molar-refractivity contribution >= 4 is 51.3 Å². The molecule has 2 fully saturated rings. The maximum absolute atomic E-state index is 13.4. The summed E-state index contributed by atoms with van der Waals surface area (Å²) in [6.45, 7) is 12.7. The molecule has 6 rings (SSSR count). The van der Waals surface area contributed by atoms with Crippen LogP contribution in [0.15, 0.2) is 35.8 Å². The minimum absolute atomic E-state index is 0.0481. The first kappa shape index (κ1) is 42.0. The van der Waals surface area contributed by atoms with Crippen LogP contribution in [0.3, 0.4) is 0 Å². The molecule has 2 amide bonds. The van der Waals surface area contributed by atoms with E-state index >= 15 is 0 Å². The van der Waals surface area contributed by atoms with Crippen molar-refractivity contribution in [2.45, 2.75) is 142 Å². The molecule has 10 heteroatoms. The summed E-state index contributed by atoms with van der Waals surface area (Å²) in [6.07, 6.45) is 12.3. The molecule has 2 heterocycles. The SMILES string of the molecule is CCc1cc(C)cc(CC)c1C1=C(O)C2(CCC(OC)CC2)NC1=O.CCc1cc(C)cc(CC)c1C1=C(OC(=S)SC)C2(CCC(OC)CC2)NC1=O. The maximum Gasteiger partial charge on any atom is 0.256 e. The number of carbonyl (C=O) groups excluding carboxylic acids is 2. The van der Waals surface area contributed by atoms with Gasteiger partial charge in [-0.25, -0.2) is 0 Å². The van der Waals surface area contributed by atoms with Gasteiger partial charge in [-0.15, -0.1) is 0 Å². The number of nitrogens with one attached hydrogen (secondary N) is 2. The fraction of sp³-hybridized carbons (Fsp3) is 0.568. The minimum atomic E-state index is -0.609. The van der Waals surface area contributed by atoms with Gasteiger partial charge in [0.15, 0.2) is 0 Å². The Bertz CT molecular complexity index is 1760. The van der Waals surface area contributed by atoms with E-state index in [1.165, 1.54) is 34.0 Å². The van der Waals surface area contributed by atoms with Gasteiger partial charge in [0.2, 0.25) is 4.38 Å². The Balaban J connectivity index is 0.000000210. The second-order valence-electron chi connectivity index (χ2n) is 15.3. The van der Waals surface area contributed by atoms with Crippen LogP contribution in [-0.4, -0.2) is 65.1 Å². The fourth-order valence-electron chi connectivity index (χ4n) is 9.09. The highest BCUT2D eigenvalue weighted by Crippen LogP contribution is 2.46. The van der Waals surface area contributed by atoms with Gasteiger partial charge in [-0.3, -0.25) is 9.59 Å². The van der Waals surface area contributed by atoms with Gasteiger partial charge in [0.25, 0.3) is 11.8 Å². The molecule has 0 aromatic heterocycles. The van der Waals surface area contributed by atoms with Crippen molar-refractivity contribution in [1.82, 2.24) is 10.6 Å². The molecule has 0 radical (unpaired) electrons. The zero-order valence-corrected chi connectivity index (χ0v) is 35.4. The van der Waals surface area contributed by atoms with Gasteiger partial charge in [0, 0.05) is 14.2 Å². The molecule has 0 atom stereocenters. The van der Waals surface area contributed by atoms with Gasteiger partial charge in [-0.05, 0) is 143 Å². The number of ether oxygens (including phenoxy) is 3. The average molecular weight is 777 g/mol. The zero-order valence-electron chi connectivity index (χ0n) is 33.8. The van der Waals surface area contributed by atoms with Crippen LogP contribution in [0.2, 0.25) is 0 Å². The van der Waals surface area contributed by atoms with E-state index in [1.807, 2.05) is 6.26 Å². The van der Waals surface area contributed by atoms with Gasteiger partial charge in [-0.2, -0.15) is 0 Å². The minimum Gasteiger partial charge on any atom is -0.509 e. The lowest BCUT2D eigenvalue weighted by Gasteiger charge is -2.38. The number of thioether (sulfide) groups is 1. The summed E-state index contributed by atoms with van der Waals surface area (Å²) in [6, 6.07) is 8.64. The molecule has 54 heavy (non-hydrogen) atoms. The number of aliphatic hydroxyl groups is 1. The van der Waals surface area contributed by atoms with Gasteiger partial charge in [-0.1, -0.05) is 74.8 Å². The molecule has 2 aromatic carbocycles. The van der Waals surface area contributed by atoms with Crippen LogP contribution in [0.4, 0.5) is 0 Å². The van der Waals surface area contributed by atoms with Crippen molar-refractivity contribution in [3.63, 3.8) is 0 Å². The third-order valence-corrected chi connectivity index (χ3v) is 13.0. The highest BCUT2D eigenvalue weighted by atomic mass is 32.2. The first-order valence-corrected chi connectivity index (χ1v) is 21.4. The van der Waals surface area contributed by atoms with Crippen molar-refractivity contribution in [1.29, 1.82) is 0 Å². The highest BCUT2D eigenvalue weighted by Gasteiger charge is 2.51. The number of methoxy groups -OCH3 is 2. The lowest BCUT2D eigenvalue weighted by atomic mass is 9.78. The topological polar surface area (TPSA) is 106 Å².